The first-order valence-electron chi connectivity index (χ1n) is 9.55. The lowest BCUT2D eigenvalue weighted by atomic mass is 10.2. The van der Waals surface area contributed by atoms with Gasteiger partial charge >= 0.3 is 0 Å². The van der Waals surface area contributed by atoms with E-state index in [9.17, 15) is 8.42 Å². The van der Waals surface area contributed by atoms with Gasteiger partial charge in [-0.15, -0.1) is 0 Å². The molecule has 146 valence electrons. The zero-order valence-electron chi connectivity index (χ0n) is 16.0. The molecule has 7 nitrogen and oxygen atoms in total. The van der Waals surface area contributed by atoms with Crippen LogP contribution in [-0.2, 0) is 16.4 Å². The van der Waals surface area contributed by atoms with Crippen molar-refractivity contribution in [1.29, 1.82) is 0 Å². The van der Waals surface area contributed by atoms with Gasteiger partial charge in [0.05, 0.1) is 34.6 Å². The third kappa shape index (κ3) is 3.87. The van der Waals surface area contributed by atoms with Gasteiger partial charge in [0.15, 0.2) is 9.84 Å². The van der Waals surface area contributed by atoms with E-state index in [-0.39, 0.29) is 17.5 Å². The zero-order valence-corrected chi connectivity index (χ0v) is 16.8. The molecule has 0 aliphatic carbocycles. The smallest absolute Gasteiger partial charge is 0.152 e. The van der Waals surface area contributed by atoms with E-state index in [4.69, 9.17) is 5.10 Å². The minimum atomic E-state index is -2.91. The van der Waals surface area contributed by atoms with E-state index in [1.807, 2.05) is 24.0 Å². The van der Waals surface area contributed by atoms with Crippen molar-refractivity contribution < 1.29 is 8.42 Å². The largest absolute Gasteiger partial charge is 0.366 e. The summed E-state index contributed by atoms with van der Waals surface area (Å²) in [5.74, 6) is 0.493. The quantitative estimate of drug-likeness (QED) is 0.791. The van der Waals surface area contributed by atoms with Crippen LogP contribution >= 0.6 is 0 Å². The molecule has 0 spiro atoms. The van der Waals surface area contributed by atoms with Crippen molar-refractivity contribution in [2.75, 3.05) is 42.6 Å². The SMILES string of the molecule is Cc1nn(C2CCS(=O)(=O)C2)c(C)c1N1CCN(Cc2ccncc2)CC1. The lowest BCUT2D eigenvalue weighted by Gasteiger charge is -2.36. The second kappa shape index (κ2) is 7.24. The molecule has 0 amide bonds. The molecule has 0 N–H and O–H groups in total. The van der Waals surface area contributed by atoms with Crippen LogP contribution in [0.25, 0.3) is 0 Å². The van der Waals surface area contributed by atoms with E-state index in [2.05, 4.69) is 33.8 Å². The van der Waals surface area contributed by atoms with Crippen LogP contribution in [0.4, 0.5) is 5.69 Å². The Kier molecular flexibility index (Phi) is 4.94. The van der Waals surface area contributed by atoms with Crippen molar-refractivity contribution in [1.82, 2.24) is 19.7 Å². The van der Waals surface area contributed by atoms with E-state index < -0.39 is 9.84 Å². The molecule has 2 aliphatic rings. The van der Waals surface area contributed by atoms with Gasteiger partial charge in [0.2, 0.25) is 0 Å². The number of aromatic nitrogens is 3. The highest BCUT2D eigenvalue weighted by Gasteiger charge is 2.32. The minimum absolute atomic E-state index is 0.0181. The number of rotatable bonds is 4. The molecule has 2 aliphatic heterocycles. The van der Waals surface area contributed by atoms with Crippen molar-refractivity contribution in [2.45, 2.75) is 32.9 Å². The van der Waals surface area contributed by atoms with Gasteiger partial charge in [0.1, 0.15) is 0 Å². The van der Waals surface area contributed by atoms with Gasteiger partial charge in [0, 0.05) is 45.1 Å². The summed E-state index contributed by atoms with van der Waals surface area (Å²) in [6, 6.07) is 4.12. The van der Waals surface area contributed by atoms with Gasteiger partial charge in [-0.25, -0.2) is 8.42 Å². The topological polar surface area (TPSA) is 71.3 Å². The van der Waals surface area contributed by atoms with Crippen molar-refractivity contribution in [3.8, 4) is 0 Å². The lowest BCUT2D eigenvalue weighted by molar-refractivity contribution is 0.249. The molecule has 2 saturated heterocycles. The minimum Gasteiger partial charge on any atom is -0.366 e. The van der Waals surface area contributed by atoms with E-state index >= 15 is 0 Å². The third-order valence-electron chi connectivity index (χ3n) is 5.69. The molecule has 4 rings (SSSR count). The third-order valence-corrected chi connectivity index (χ3v) is 7.44. The molecule has 1 unspecified atom stereocenters. The maximum Gasteiger partial charge on any atom is 0.152 e. The zero-order chi connectivity index (χ0) is 19.0. The summed E-state index contributed by atoms with van der Waals surface area (Å²) in [4.78, 5) is 8.95. The first-order valence-corrected chi connectivity index (χ1v) is 11.4. The molecule has 0 bridgehead atoms. The standard InChI is InChI=1S/C19H27N5O2S/c1-15-19(16(2)24(21-15)18-5-12-27(25,26)14-18)23-10-8-22(9-11-23)13-17-3-6-20-7-4-17/h3-4,6-7,18H,5,8-14H2,1-2H3. The van der Waals surface area contributed by atoms with Crippen LogP contribution in [0.1, 0.15) is 29.4 Å². The molecule has 4 heterocycles. The Labute approximate surface area is 160 Å². The fraction of sp³-hybridized carbons (Fsp3) is 0.579. The predicted octanol–water partition coefficient (Wildman–Crippen LogP) is 1.58. The molecule has 27 heavy (non-hydrogen) atoms. The summed E-state index contributed by atoms with van der Waals surface area (Å²) in [5.41, 5.74) is 4.57. The van der Waals surface area contributed by atoms with Gasteiger partial charge in [-0.3, -0.25) is 14.6 Å². The Hall–Kier alpha value is -1.93. The van der Waals surface area contributed by atoms with Crippen LogP contribution in [0, 0.1) is 13.8 Å². The Morgan fingerprint density at radius 3 is 2.44 bits per heavy atom. The summed E-state index contributed by atoms with van der Waals surface area (Å²) in [6.45, 7) is 8.99. The molecule has 1 atom stereocenters. The Morgan fingerprint density at radius 1 is 1.11 bits per heavy atom. The first kappa shape index (κ1) is 18.4. The molecule has 2 aromatic rings. The Balaban J connectivity index is 1.44. The van der Waals surface area contributed by atoms with Crippen molar-refractivity contribution in [3.63, 3.8) is 0 Å². The molecule has 2 aromatic heterocycles. The maximum absolute atomic E-state index is 11.8. The van der Waals surface area contributed by atoms with E-state index in [0.717, 1.165) is 44.1 Å². The number of anilines is 1. The van der Waals surface area contributed by atoms with Crippen molar-refractivity contribution in [2.24, 2.45) is 0 Å². The maximum atomic E-state index is 11.8. The normalized spacial score (nSPS) is 23.0. The van der Waals surface area contributed by atoms with Crippen LogP contribution in [0.5, 0.6) is 0 Å². The second-order valence-electron chi connectivity index (χ2n) is 7.64. The monoisotopic (exact) mass is 389 g/mol. The summed E-state index contributed by atoms with van der Waals surface area (Å²) >= 11 is 0. The van der Waals surface area contributed by atoms with Crippen molar-refractivity contribution >= 4 is 15.5 Å². The Bertz CT molecular complexity index is 902. The summed E-state index contributed by atoms with van der Waals surface area (Å²) < 4.78 is 25.6. The number of aryl methyl sites for hydroxylation is 1. The number of piperazine rings is 1. The molecule has 0 radical (unpaired) electrons. The van der Waals surface area contributed by atoms with Gasteiger partial charge < -0.3 is 4.90 Å². The number of nitrogens with zero attached hydrogens (tertiary/aromatic N) is 5. The lowest BCUT2D eigenvalue weighted by Crippen LogP contribution is -2.46. The van der Waals surface area contributed by atoms with Gasteiger partial charge in [-0.1, -0.05) is 0 Å². The summed E-state index contributed by atoms with van der Waals surface area (Å²) in [7, 11) is -2.91. The summed E-state index contributed by atoms with van der Waals surface area (Å²) in [5, 5.41) is 4.71. The second-order valence-corrected chi connectivity index (χ2v) is 9.87. The Morgan fingerprint density at radius 2 is 1.81 bits per heavy atom. The van der Waals surface area contributed by atoms with E-state index in [1.54, 1.807) is 0 Å². The summed E-state index contributed by atoms with van der Waals surface area (Å²) in [6.07, 6.45) is 4.36. The van der Waals surface area contributed by atoms with Gasteiger partial charge in [-0.2, -0.15) is 5.10 Å². The highest BCUT2D eigenvalue weighted by atomic mass is 32.2. The number of hydrogen-bond donors (Lipinski definition) is 0. The highest BCUT2D eigenvalue weighted by molar-refractivity contribution is 7.91. The molecule has 2 fully saturated rings. The number of sulfone groups is 1. The first-order chi connectivity index (χ1) is 12.9. The van der Waals surface area contributed by atoms with E-state index in [0.29, 0.717) is 6.42 Å². The average molecular weight is 390 g/mol. The number of pyridine rings is 1. The van der Waals surface area contributed by atoms with Crippen LogP contribution in [0.15, 0.2) is 24.5 Å². The van der Waals surface area contributed by atoms with E-state index in [1.165, 1.54) is 11.3 Å². The fourth-order valence-corrected chi connectivity index (χ4v) is 6.00. The molecule has 8 heteroatoms. The molecular weight excluding hydrogens is 362 g/mol. The average Bonchev–Trinajstić information content (AvgIpc) is 3.15. The predicted molar refractivity (Wildman–Crippen MR) is 106 cm³/mol. The van der Waals surface area contributed by atoms with Crippen LogP contribution in [-0.4, -0.2) is 65.8 Å². The fourth-order valence-electron chi connectivity index (χ4n) is 4.31. The number of hydrogen-bond acceptors (Lipinski definition) is 6. The van der Waals surface area contributed by atoms with Crippen LogP contribution in [0.2, 0.25) is 0 Å². The van der Waals surface area contributed by atoms with Gasteiger partial charge in [0.25, 0.3) is 0 Å². The van der Waals surface area contributed by atoms with Crippen LogP contribution < -0.4 is 4.90 Å². The highest BCUT2D eigenvalue weighted by Crippen LogP contribution is 2.31. The molecule has 0 saturated carbocycles. The van der Waals surface area contributed by atoms with Gasteiger partial charge in [-0.05, 0) is 38.0 Å². The van der Waals surface area contributed by atoms with Crippen LogP contribution in [0.3, 0.4) is 0 Å². The molecule has 0 aromatic carbocycles. The van der Waals surface area contributed by atoms with Crippen molar-refractivity contribution in [3.05, 3.63) is 41.5 Å². The molecular formula is C19H27N5O2S.